The van der Waals surface area contributed by atoms with E-state index in [0.29, 0.717) is 23.9 Å². The number of nitrogens with one attached hydrogen (secondary N) is 2. The van der Waals surface area contributed by atoms with Crippen LogP contribution in [0.15, 0.2) is 46.7 Å². The van der Waals surface area contributed by atoms with Gasteiger partial charge < -0.3 is 5.32 Å². The average Bonchev–Trinajstić information content (AvgIpc) is 3.24. The SMILES string of the molecule is CC1CC(C)CN(C(C)(C)CNC(=O)c2ccc(S(=O)(=O)NCc3cccs3)cc2)C1. The van der Waals surface area contributed by atoms with Crippen LogP contribution in [0.3, 0.4) is 0 Å². The number of carbonyl (C=O) groups excluding carboxylic acids is 1. The maximum absolute atomic E-state index is 12.7. The van der Waals surface area contributed by atoms with Crippen LogP contribution in [0.25, 0.3) is 0 Å². The molecule has 2 heterocycles. The second-order valence-electron chi connectivity index (χ2n) is 9.27. The van der Waals surface area contributed by atoms with Crippen molar-refractivity contribution in [2.75, 3.05) is 19.6 Å². The van der Waals surface area contributed by atoms with Gasteiger partial charge in [-0.3, -0.25) is 9.69 Å². The van der Waals surface area contributed by atoms with Gasteiger partial charge in [-0.2, -0.15) is 0 Å². The second kappa shape index (κ2) is 9.81. The number of amides is 1. The zero-order chi connectivity index (χ0) is 22.6. The highest BCUT2D eigenvalue weighted by Crippen LogP contribution is 2.27. The first-order chi connectivity index (χ1) is 14.6. The summed E-state index contributed by atoms with van der Waals surface area (Å²) >= 11 is 1.50. The van der Waals surface area contributed by atoms with Gasteiger partial charge >= 0.3 is 0 Å². The van der Waals surface area contributed by atoms with Gasteiger partial charge in [0, 0.05) is 42.2 Å². The predicted molar refractivity (Wildman–Crippen MR) is 126 cm³/mol. The Balaban J connectivity index is 1.57. The predicted octanol–water partition coefficient (Wildman–Crippen LogP) is 3.71. The van der Waals surface area contributed by atoms with Crippen molar-refractivity contribution in [1.82, 2.24) is 14.9 Å². The Morgan fingerprint density at radius 2 is 1.77 bits per heavy atom. The molecule has 2 atom stereocenters. The lowest BCUT2D eigenvalue weighted by Gasteiger charge is -2.45. The molecule has 31 heavy (non-hydrogen) atoms. The van der Waals surface area contributed by atoms with Crippen LogP contribution in [0.4, 0.5) is 0 Å². The first kappa shape index (κ1) is 23.9. The molecule has 0 spiro atoms. The summed E-state index contributed by atoms with van der Waals surface area (Å²) in [6.07, 6.45) is 1.25. The van der Waals surface area contributed by atoms with Gasteiger partial charge in [0.2, 0.25) is 10.0 Å². The molecule has 2 aromatic rings. The van der Waals surface area contributed by atoms with Crippen molar-refractivity contribution < 1.29 is 13.2 Å². The fraction of sp³-hybridized carbons (Fsp3) is 0.522. The van der Waals surface area contributed by atoms with Gasteiger partial charge in [0.25, 0.3) is 5.91 Å². The lowest BCUT2D eigenvalue weighted by molar-refractivity contribution is 0.0445. The Labute approximate surface area is 190 Å². The highest BCUT2D eigenvalue weighted by atomic mass is 32.2. The van der Waals surface area contributed by atoms with Gasteiger partial charge in [-0.25, -0.2) is 13.1 Å². The van der Waals surface area contributed by atoms with Crippen LogP contribution in [-0.4, -0.2) is 44.4 Å². The molecule has 170 valence electrons. The normalized spacial score (nSPS) is 20.5. The van der Waals surface area contributed by atoms with Crippen LogP contribution >= 0.6 is 11.3 Å². The third kappa shape index (κ3) is 6.38. The molecule has 0 radical (unpaired) electrons. The number of benzene rings is 1. The van der Waals surface area contributed by atoms with E-state index in [2.05, 4.69) is 42.6 Å². The van der Waals surface area contributed by atoms with Crippen molar-refractivity contribution in [3.8, 4) is 0 Å². The molecule has 1 amide bonds. The van der Waals surface area contributed by atoms with E-state index in [4.69, 9.17) is 0 Å². The van der Waals surface area contributed by atoms with Crippen LogP contribution in [-0.2, 0) is 16.6 Å². The fourth-order valence-electron chi connectivity index (χ4n) is 4.12. The molecule has 2 unspecified atom stereocenters. The number of sulfonamides is 1. The minimum Gasteiger partial charge on any atom is -0.350 e. The second-order valence-corrected chi connectivity index (χ2v) is 12.1. The molecule has 1 aromatic heterocycles. The van der Waals surface area contributed by atoms with E-state index in [1.54, 1.807) is 12.1 Å². The Hall–Kier alpha value is -1.74. The number of likely N-dealkylation sites (tertiary alicyclic amines) is 1. The van der Waals surface area contributed by atoms with Gasteiger partial charge in [0.05, 0.1) is 4.90 Å². The third-order valence-corrected chi connectivity index (χ3v) is 8.14. The summed E-state index contributed by atoms with van der Waals surface area (Å²) in [6, 6.07) is 9.85. The zero-order valence-corrected chi connectivity index (χ0v) is 20.4. The Morgan fingerprint density at radius 3 is 2.35 bits per heavy atom. The van der Waals surface area contributed by atoms with E-state index in [0.717, 1.165) is 18.0 Å². The molecule has 1 aliphatic rings. The van der Waals surface area contributed by atoms with Crippen molar-refractivity contribution in [2.45, 2.75) is 51.1 Å². The lowest BCUT2D eigenvalue weighted by atomic mass is 9.88. The lowest BCUT2D eigenvalue weighted by Crippen LogP contribution is -2.56. The van der Waals surface area contributed by atoms with Crippen molar-refractivity contribution in [1.29, 1.82) is 0 Å². The van der Waals surface area contributed by atoms with Crippen molar-refractivity contribution in [2.24, 2.45) is 11.8 Å². The van der Waals surface area contributed by atoms with Gasteiger partial charge in [0.1, 0.15) is 0 Å². The van der Waals surface area contributed by atoms with E-state index in [-0.39, 0.29) is 22.9 Å². The summed E-state index contributed by atoms with van der Waals surface area (Å²) in [6.45, 7) is 11.7. The summed E-state index contributed by atoms with van der Waals surface area (Å²) in [5.41, 5.74) is 0.307. The smallest absolute Gasteiger partial charge is 0.251 e. The third-order valence-electron chi connectivity index (χ3n) is 5.85. The quantitative estimate of drug-likeness (QED) is 0.626. The number of hydrogen-bond donors (Lipinski definition) is 2. The van der Waals surface area contributed by atoms with E-state index < -0.39 is 10.0 Å². The van der Waals surface area contributed by atoms with E-state index in [9.17, 15) is 13.2 Å². The molecule has 0 bridgehead atoms. The summed E-state index contributed by atoms with van der Waals surface area (Å²) in [7, 11) is -3.62. The van der Waals surface area contributed by atoms with Crippen molar-refractivity contribution in [3.63, 3.8) is 0 Å². The fourth-order valence-corrected chi connectivity index (χ4v) is 5.86. The molecule has 1 saturated heterocycles. The largest absolute Gasteiger partial charge is 0.350 e. The highest BCUT2D eigenvalue weighted by Gasteiger charge is 2.33. The molecule has 2 N–H and O–H groups in total. The number of nitrogens with zero attached hydrogens (tertiary/aromatic N) is 1. The Morgan fingerprint density at radius 1 is 1.13 bits per heavy atom. The summed E-state index contributed by atoms with van der Waals surface area (Å²) in [5.74, 6) is 1.12. The number of rotatable bonds is 8. The monoisotopic (exact) mass is 463 g/mol. The van der Waals surface area contributed by atoms with Gasteiger partial charge in [-0.1, -0.05) is 19.9 Å². The van der Waals surface area contributed by atoms with Gasteiger partial charge in [-0.05, 0) is 67.8 Å². The molecule has 1 fully saturated rings. The number of carbonyl (C=O) groups is 1. The van der Waals surface area contributed by atoms with Crippen LogP contribution < -0.4 is 10.0 Å². The highest BCUT2D eigenvalue weighted by molar-refractivity contribution is 7.89. The summed E-state index contributed by atoms with van der Waals surface area (Å²) < 4.78 is 27.6. The molecule has 0 saturated carbocycles. The minimum atomic E-state index is -3.62. The molecule has 3 rings (SSSR count). The van der Waals surface area contributed by atoms with Gasteiger partial charge in [-0.15, -0.1) is 11.3 Å². The number of piperidine rings is 1. The molecule has 6 nitrogen and oxygen atoms in total. The maximum atomic E-state index is 12.7. The van der Waals surface area contributed by atoms with E-state index in [1.165, 1.54) is 29.9 Å². The Kier molecular flexibility index (Phi) is 7.57. The molecule has 1 aliphatic heterocycles. The first-order valence-corrected chi connectivity index (χ1v) is 13.1. The minimum absolute atomic E-state index is 0.145. The van der Waals surface area contributed by atoms with Gasteiger partial charge in [0.15, 0.2) is 0 Å². The standard InChI is InChI=1S/C23H33N3O3S2/c1-17-12-18(2)15-26(14-17)23(3,4)16-24-22(27)19-7-9-21(10-8-19)31(28,29)25-13-20-6-5-11-30-20/h5-11,17-18,25H,12-16H2,1-4H3,(H,24,27). The molecule has 8 heteroatoms. The summed E-state index contributed by atoms with van der Waals surface area (Å²) in [4.78, 5) is 16.2. The molecule has 0 aliphatic carbocycles. The van der Waals surface area contributed by atoms with Crippen molar-refractivity contribution in [3.05, 3.63) is 52.2 Å². The zero-order valence-electron chi connectivity index (χ0n) is 18.7. The van der Waals surface area contributed by atoms with Crippen LogP contribution in [0, 0.1) is 11.8 Å². The number of hydrogen-bond acceptors (Lipinski definition) is 5. The molecule has 1 aromatic carbocycles. The molecular weight excluding hydrogens is 430 g/mol. The molecular formula is C23H33N3O3S2. The first-order valence-electron chi connectivity index (χ1n) is 10.7. The number of thiophene rings is 1. The Bertz CT molecular complexity index is 960. The average molecular weight is 464 g/mol. The van der Waals surface area contributed by atoms with Crippen LogP contribution in [0.2, 0.25) is 0 Å². The van der Waals surface area contributed by atoms with Crippen LogP contribution in [0.5, 0.6) is 0 Å². The van der Waals surface area contributed by atoms with Crippen molar-refractivity contribution >= 4 is 27.3 Å². The van der Waals surface area contributed by atoms with E-state index >= 15 is 0 Å². The van der Waals surface area contributed by atoms with Crippen LogP contribution in [0.1, 0.15) is 49.4 Å². The van der Waals surface area contributed by atoms with E-state index in [1.807, 2.05) is 17.5 Å². The maximum Gasteiger partial charge on any atom is 0.251 e. The summed E-state index contributed by atoms with van der Waals surface area (Å²) in [5, 5.41) is 4.93. The topological polar surface area (TPSA) is 78.5 Å².